The van der Waals surface area contributed by atoms with Gasteiger partial charge in [-0.15, -0.1) is 11.8 Å². The molecule has 0 fully saturated rings. The predicted octanol–water partition coefficient (Wildman–Crippen LogP) is 3.45. The average Bonchev–Trinajstić information content (AvgIpc) is 2.46. The Morgan fingerprint density at radius 1 is 1.11 bits per heavy atom. The lowest BCUT2D eigenvalue weighted by atomic mass is 10.3. The third-order valence-corrected chi connectivity index (χ3v) is 3.56. The van der Waals surface area contributed by atoms with E-state index in [1.165, 1.54) is 0 Å². The minimum absolute atomic E-state index is 0.655. The van der Waals surface area contributed by atoms with E-state index in [0.717, 1.165) is 22.1 Å². The van der Waals surface area contributed by atoms with Gasteiger partial charge in [0.2, 0.25) is 0 Å². The molecule has 100 valence electrons. The normalized spacial score (nSPS) is 10.2. The van der Waals surface area contributed by atoms with Crippen LogP contribution in [0, 0.1) is 0 Å². The highest BCUT2D eigenvalue weighted by molar-refractivity contribution is 7.99. The molecule has 0 aromatic heterocycles. The summed E-state index contributed by atoms with van der Waals surface area (Å²) < 4.78 is 10.9. The van der Waals surface area contributed by atoms with E-state index in [1.54, 1.807) is 18.9 Å². The van der Waals surface area contributed by atoms with E-state index in [2.05, 4.69) is 0 Å². The first-order chi connectivity index (χ1) is 9.29. The second-order valence-electron chi connectivity index (χ2n) is 3.92. The topological polar surface area (TPSA) is 44.5 Å². The van der Waals surface area contributed by atoms with Crippen molar-refractivity contribution in [2.75, 3.05) is 25.2 Å². The van der Waals surface area contributed by atoms with Gasteiger partial charge in [0.25, 0.3) is 0 Å². The second kappa shape index (κ2) is 6.95. The predicted molar refractivity (Wildman–Crippen MR) is 80.1 cm³/mol. The fraction of sp³-hybridized carbons (Fsp3) is 0.200. The van der Waals surface area contributed by atoms with Gasteiger partial charge in [0.1, 0.15) is 11.5 Å². The summed E-state index contributed by atoms with van der Waals surface area (Å²) in [5.41, 5.74) is 6.43. The molecule has 2 rings (SSSR count). The molecule has 2 N–H and O–H groups in total. The van der Waals surface area contributed by atoms with Crippen LogP contribution in [0.15, 0.2) is 53.4 Å². The zero-order valence-electron chi connectivity index (χ0n) is 10.8. The van der Waals surface area contributed by atoms with Gasteiger partial charge in [0.05, 0.1) is 13.7 Å². The number of hydrogen-bond acceptors (Lipinski definition) is 4. The Balaban J connectivity index is 1.83. The number of thioether (sulfide) groups is 1. The smallest absolute Gasteiger partial charge is 0.134 e. The third-order valence-electron chi connectivity index (χ3n) is 2.54. The van der Waals surface area contributed by atoms with Crippen molar-refractivity contribution in [3.8, 4) is 11.5 Å². The van der Waals surface area contributed by atoms with Crippen molar-refractivity contribution in [3.05, 3.63) is 48.5 Å². The van der Waals surface area contributed by atoms with E-state index < -0.39 is 0 Å². The Kier molecular flexibility index (Phi) is 4.98. The number of nitrogen functional groups attached to an aromatic ring is 1. The Hall–Kier alpha value is -1.81. The van der Waals surface area contributed by atoms with Crippen molar-refractivity contribution in [3.63, 3.8) is 0 Å². The Labute approximate surface area is 117 Å². The van der Waals surface area contributed by atoms with Gasteiger partial charge in [-0.3, -0.25) is 0 Å². The van der Waals surface area contributed by atoms with Crippen molar-refractivity contribution in [1.29, 1.82) is 0 Å². The zero-order valence-corrected chi connectivity index (χ0v) is 11.7. The van der Waals surface area contributed by atoms with Crippen LogP contribution in [0.5, 0.6) is 11.5 Å². The summed E-state index contributed by atoms with van der Waals surface area (Å²) >= 11 is 1.69. The highest BCUT2D eigenvalue weighted by Gasteiger charge is 2.04. The molecular formula is C15H17NO2S. The number of rotatable bonds is 6. The van der Waals surface area contributed by atoms with Crippen LogP contribution in [0.3, 0.4) is 0 Å². The van der Waals surface area contributed by atoms with Crippen LogP contribution in [-0.4, -0.2) is 19.5 Å². The van der Waals surface area contributed by atoms with E-state index in [9.17, 15) is 0 Å². The second-order valence-corrected chi connectivity index (χ2v) is 5.06. The molecule has 0 saturated heterocycles. The number of methoxy groups -OCH3 is 1. The Morgan fingerprint density at radius 2 is 1.89 bits per heavy atom. The largest absolute Gasteiger partial charge is 0.496 e. The maximum atomic E-state index is 5.72. The van der Waals surface area contributed by atoms with E-state index in [4.69, 9.17) is 15.2 Å². The highest BCUT2D eigenvalue weighted by atomic mass is 32.2. The van der Waals surface area contributed by atoms with Gasteiger partial charge < -0.3 is 15.2 Å². The van der Waals surface area contributed by atoms with Crippen LogP contribution >= 0.6 is 11.8 Å². The van der Waals surface area contributed by atoms with Gasteiger partial charge in [-0.2, -0.15) is 0 Å². The number of hydrogen-bond donors (Lipinski definition) is 1. The first-order valence-electron chi connectivity index (χ1n) is 6.04. The molecule has 19 heavy (non-hydrogen) atoms. The standard InChI is InChI=1S/C15H17NO2S/c1-17-14-11-12(16)7-8-15(14)19-10-9-18-13-5-3-2-4-6-13/h2-8,11H,9-10,16H2,1H3. The molecule has 0 bridgehead atoms. The fourth-order valence-corrected chi connectivity index (χ4v) is 2.47. The quantitative estimate of drug-likeness (QED) is 0.498. The number of para-hydroxylation sites is 1. The first-order valence-corrected chi connectivity index (χ1v) is 7.02. The number of benzene rings is 2. The summed E-state index contributed by atoms with van der Waals surface area (Å²) in [6.45, 7) is 0.655. The molecule has 2 aromatic rings. The minimum Gasteiger partial charge on any atom is -0.496 e. The van der Waals surface area contributed by atoms with Crippen LogP contribution in [-0.2, 0) is 0 Å². The van der Waals surface area contributed by atoms with E-state index in [1.807, 2.05) is 48.5 Å². The van der Waals surface area contributed by atoms with Gasteiger partial charge in [-0.05, 0) is 24.3 Å². The van der Waals surface area contributed by atoms with Gasteiger partial charge in [-0.1, -0.05) is 18.2 Å². The fourth-order valence-electron chi connectivity index (χ4n) is 1.63. The molecule has 4 heteroatoms. The van der Waals surface area contributed by atoms with Crippen molar-refractivity contribution >= 4 is 17.4 Å². The molecule has 0 saturated carbocycles. The summed E-state index contributed by atoms with van der Waals surface area (Å²) in [5.74, 6) is 2.56. The number of ether oxygens (including phenoxy) is 2. The zero-order chi connectivity index (χ0) is 13.5. The van der Waals surface area contributed by atoms with Crippen LogP contribution in [0.25, 0.3) is 0 Å². The van der Waals surface area contributed by atoms with Crippen molar-refractivity contribution in [2.24, 2.45) is 0 Å². The molecule has 2 aromatic carbocycles. The first kappa shape index (κ1) is 13.6. The molecular weight excluding hydrogens is 258 g/mol. The Bertz CT molecular complexity index is 517. The summed E-state index contributed by atoms with van der Waals surface area (Å²) in [5, 5.41) is 0. The van der Waals surface area contributed by atoms with Gasteiger partial charge in [-0.25, -0.2) is 0 Å². The molecule has 0 spiro atoms. The molecule has 0 heterocycles. The Morgan fingerprint density at radius 3 is 2.63 bits per heavy atom. The molecule has 0 aliphatic carbocycles. The van der Waals surface area contributed by atoms with Crippen molar-refractivity contribution in [1.82, 2.24) is 0 Å². The summed E-state index contributed by atoms with van der Waals surface area (Å²) in [4.78, 5) is 1.08. The summed E-state index contributed by atoms with van der Waals surface area (Å²) in [6, 6.07) is 15.5. The molecule has 3 nitrogen and oxygen atoms in total. The summed E-state index contributed by atoms with van der Waals surface area (Å²) in [7, 11) is 1.65. The van der Waals surface area contributed by atoms with Crippen LogP contribution < -0.4 is 15.2 Å². The SMILES string of the molecule is COc1cc(N)ccc1SCCOc1ccccc1. The minimum atomic E-state index is 0.655. The number of anilines is 1. The van der Waals surface area contributed by atoms with Gasteiger partial charge >= 0.3 is 0 Å². The lowest BCUT2D eigenvalue weighted by Gasteiger charge is -2.09. The van der Waals surface area contributed by atoms with E-state index in [-0.39, 0.29) is 0 Å². The van der Waals surface area contributed by atoms with Crippen molar-refractivity contribution < 1.29 is 9.47 Å². The third kappa shape index (κ3) is 4.10. The molecule has 0 atom stereocenters. The molecule has 0 aliphatic rings. The van der Waals surface area contributed by atoms with Crippen LogP contribution in [0.4, 0.5) is 5.69 Å². The van der Waals surface area contributed by atoms with Gasteiger partial charge in [0.15, 0.2) is 0 Å². The lowest BCUT2D eigenvalue weighted by molar-refractivity contribution is 0.344. The highest BCUT2D eigenvalue weighted by Crippen LogP contribution is 2.30. The molecule has 0 unspecified atom stereocenters. The van der Waals surface area contributed by atoms with Crippen molar-refractivity contribution in [2.45, 2.75) is 4.90 Å². The van der Waals surface area contributed by atoms with Crippen LogP contribution in [0.2, 0.25) is 0 Å². The summed E-state index contributed by atoms with van der Waals surface area (Å²) in [6.07, 6.45) is 0. The van der Waals surface area contributed by atoms with E-state index in [0.29, 0.717) is 12.3 Å². The average molecular weight is 275 g/mol. The molecule has 0 radical (unpaired) electrons. The molecule has 0 aliphatic heterocycles. The monoisotopic (exact) mass is 275 g/mol. The van der Waals surface area contributed by atoms with E-state index >= 15 is 0 Å². The molecule has 0 amide bonds. The maximum Gasteiger partial charge on any atom is 0.134 e. The lowest BCUT2D eigenvalue weighted by Crippen LogP contribution is -2.00. The van der Waals surface area contributed by atoms with Crippen LogP contribution in [0.1, 0.15) is 0 Å². The maximum absolute atomic E-state index is 5.72. The number of nitrogens with two attached hydrogens (primary N) is 1. The van der Waals surface area contributed by atoms with Gasteiger partial charge in [0, 0.05) is 22.4 Å².